The summed E-state index contributed by atoms with van der Waals surface area (Å²) in [6.45, 7) is 9.06. The molecule has 2 atom stereocenters. The molecule has 0 heterocycles. The molecule has 0 spiro atoms. The standard InChI is InChI=1S/C11H22O/c1-8(2)9-5-10(12)7-11(3,4)6-9/h8-10,12H,5-7H2,1-4H3. The molecule has 1 aliphatic carbocycles. The molecule has 1 rings (SSSR count). The van der Waals surface area contributed by atoms with Crippen LogP contribution in [-0.2, 0) is 0 Å². The van der Waals surface area contributed by atoms with Crippen LogP contribution in [0, 0.1) is 17.3 Å². The van der Waals surface area contributed by atoms with E-state index in [-0.39, 0.29) is 6.10 Å². The van der Waals surface area contributed by atoms with Crippen molar-refractivity contribution in [2.45, 2.75) is 53.1 Å². The van der Waals surface area contributed by atoms with Gasteiger partial charge >= 0.3 is 0 Å². The van der Waals surface area contributed by atoms with E-state index < -0.39 is 0 Å². The topological polar surface area (TPSA) is 20.2 Å². The highest BCUT2D eigenvalue weighted by molar-refractivity contribution is 4.85. The maximum atomic E-state index is 9.66. The van der Waals surface area contributed by atoms with Gasteiger partial charge in [-0.05, 0) is 36.5 Å². The molecular formula is C11H22O. The number of hydrogen-bond acceptors (Lipinski definition) is 1. The van der Waals surface area contributed by atoms with Gasteiger partial charge in [-0.1, -0.05) is 27.7 Å². The van der Waals surface area contributed by atoms with Gasteiger partial charge in [-0.2, -0.15) is 0 Å². The summed E-state index contributed by atoms with van der Waals surface area (Å²) in [5, 5.41) is 9.66. The van der Waals surface area contributed by atoms with Crippen LogP contribution in [0.25, 0.3) is 0 Å². The van der Waals surface area contributed by atoms with Crippen LogP contribution in [-0.4, -0.2) is 11.2 Å². The van der Waals surface area contributed by atoms with Crippen LogP contribution >= 0.6 is 0 Å². The molecule has 72 valence electrons. The first-order chi connectivity index (χ1) is 5.41. The molecule has 1 nitrogen and oxygen atoms in total. The lowest BCUT2D eigenvalue weighted by molar-refractivity contribution is 0.0201. The molecule has 0 aliphatic heterocycles. The lowest BCUT2D eigenvalue weighted by atomic mass is 9.68. The largest absolute Gasteiger partial charge is 0.393 e. The zero-order valence-corrected chi connectivity index (χ0v) is 8.80. The van der Waals surface area contributed by atoms with Crippen LogP contribution < -0.4 is 0 Å². The SMILES string of the molecule is CC(C)C1CC(O)CC(C)(C)C1. The quantitative estimate of drug-likeness (QED) is 0.641. The van der Waals surface area contributed by atoms with Crippen molar-refractivity contribution >= 4 is 0 Å². The molecule has 0 bridgehead atoms. The van der Waals surface area contributed by atoms with Crippen molar-refractivity contribution in [3.05, 3.63) is 0 Å². The Morgan fingerprint density at radius 3 is 2.25 bits per heavy atom. The first-order valence-electron chi connectivity index (χ1n) is 5.09. The Bertz CT molecular complexity index is 149. The summed E-state index contributed by atoms with van der Waals surface area (Å²) in [6, 6.07) is 0. The number of aliphatic hydroxyl groups excluding tert-OH is 1. The fourth-order valence-electron chi connectivity index (χ4n) is 2.45. The smallest absolute Gasteiger partial charge is 0.0548 e. The Labute approximate surface area is 76.2 Å². The van der Waals surface area contributed by atoms with Crippen LogP contribution in [0.2, 0.25) is 0 Å². The van der Waals surface area contributed by atoms with Crippen molar-refractivity contribution in [1.29, 1.82) is 0 Å². The van der Waals surface area contributed by atoms with Crippen LogP contribution in [0.15, 0.2) is 0 Å². The van der Waals surface area contributed by atoms with Gasteiger partial charge in [0.25, 0.3) is 0 Å². The van der Waals surface area contributed by atoms with E-state index >= 15 is 0 Å². The second-order valence-electron chi connectivity index (χ2n) is 5.47. The molecule has 1 aliphatic rings. The first kappa shape index (κ1) is 10.0. The molecular weight excluding hydrogens is 148 g/mol. The summed E-state index contributed by atoms with van der Waals surface area (Å²) in [5.41, 5.74) is 0.354. The van der Waals surface area contributed by atoms with E-state index in [0.717, 1.165) is 24.7 Å². The van der Waals surface area contributed by atoms with Gasteiger partial charge in [0.1, 0.15) is 0 Å². The molecule has 0 amide bonds. The second kappa shape index (κ2) is 3.37. The fourth-order valence-corrected chi connectivity index (χ4v) is 2.45. The second-order valence-corrected chi connectivity index (χ2v) is 5.47. The molecule has 12 heavy (non-hydrogen) atoms. The summed E-state index contributed by atoms with van der Waals surface area (Å²) in [4.78, 5) is 0. The minimum Gasteiger partial charge on any atom is -0.393 e. The Morgan fingerprint density at radius 2 is 1.83 bits per heavy atom. The van der Waals surface area contributed by atoms with E-state index in [9.17, 15) is 5.11 Å². The van der Waals surface area contributed by atoms with E-state index in [0.29, 0.717) is 5.41 Å². The fraction of sp³-hybridized carbons (Fsp3) is 1.00. The molecule has 0 aromatic heterocycles. The van der Waals surface area contributed by atoms with Gasteiger partial charge < -0.3 is 5.11 Å². The Balaban J connectivity index is 2.58. The molecule has 0 aromatic rings. The van der Waals surface area contributed by atoms with Gasteiger partial charge in [0, 0.05) is 0 Å². The van der Waals surface area contributed by atoms with Crippen molar-refractivity contribution in [1.82, 2.24) is 0 Å². The van der Waals surface area contributed by atoms with E-state index in [1.807, 2.05) is 0 Å². The predicted molar refractivity (Wildman–Crippen MR) is 52.0 cm³/mol. The minimum atomic E-state index is -0.0545. The van der Waals surface area contributed by atoms with Crippen LogP contribution in [0.1, 0.15) is 47.0 Å². The maximum Gasteiger partial charge on any atom is 0.0548 e. The van der Waals surface area contributed by atoms with Crippen LogP contribution in [0.3, 0.4) is 0 Å². The highest BCUT2D eigenvalue weighted by Crippen LogP contribution is 2.41. The third-order valence-corrected chi connectivity index (χ3v) is 3.12. The Kier molecular flexibility index (Phi) is 2.82. The van der Waals surface area contributed by atoms with Crippen molar-refractivity contribution < 1.29 is 5.11 Å². The van der Waals surface area contributed by atoms with Gasteiger partial charge in [0.05, 0.1) is 6.10 Å². The summed E-state index contributed by atoms with van der Waals surface area (Å²) in [6.07, 6.45) is 3.22. The third-order valence-electron chi connectivity index (χ3n) is 3.12. The van der Waals surface area contributed by atoms with Gasteiger partial charge in [-0.3, -0.25) is 0 Å². The van der Waals surface area contributed by atoms with Gasteiger partial charge in [0.2, 0.25) is 0 Å². The highest BCUT2D eigenvalue weighted by atomic mass is 16.3. The third kappa shape index (κ3) is 2.48. The van der Waals surface area contributed by atoms with Crippen LogP contribution in [0.5, 0.6) is 0 Å². The Morgan fingerprint density at radius 1 is 1.25 bits per heavy atom. The van der Waals surface area contributed by atoms with E-state index in [1.54, 1.807) is 0 Å². The van der Waals surface area contributed by atoms with Crippen molar-refractivity contribution in [2.24, 2.45) is 17.3 Å². The number of hydrogen-bond donors (Lipinski definition) is 1. The van der Waals surface area contributed by atoms with Crippen LogP contribution in [0.4, 0.5) is 0 Å². The maximum absolute atomic E-state index is 9.66. The van der Waals surface area contributed by atoms with Crippen molar-refractivity contribution in [2.75, 3.05) is 0 Å². The van der Waals surface area contributed by atoms with E-state index in [2.05, 4.69) is 27.7 Å². The molecule has 1 heteroatoms. The molecule has 0 saturated heterocycles. The van der Waals surface area contributed by atoms with Gasteiger partial charge in [-0.25, -0.2) is 0 Å². The van der Waals surface area contributed by atoms with E-state index in [1.165, 1.54) is 6.42 Å². The molecule has 1 fully saturated rings. The van der Waals surface area contributed by atoms with Gasteiger partial charge in [0.15, 0.2) is 0 Å². The average molecular weight is 170 g/mol. The summed E-state index contributed by atoms with van der Waals surface area (Å²) < 4.78 is 0. The summed E-state index contributed by atoms with van der Waals surface area (Å²) >= 11 is 0. The predicted octanol–water partition coefficient (Wildman–Crippen LogP) is 2.83. The molecule has 2 unspecified atom stereocenters. The zero-order valence-electron chi connectivity index (χ0n) is 8.80. The first-order valence-corrected chi connectivity index (χ1v) is 5.09. The average Bonchev–Trinajstić information content (AvgIpc) is 1.82. The van der Waals surface area contributed by atoms with Crippen molar-refractivity contribution in [3.63, 3.8) is 0 Å². The lowest BCUT2D eigenvalue weighted by Gasteiger charge is -2.39. The summed E-state index contributed by atoms with van der Waals surface area (Å²) in [5.74, 6) is 1.45. The number of aliphatic hydroxyl groups is 1. The van der Waals surface area contributed by atoms with Crippen molar-refractivity contribution in [3.8, 4) is 0 Å². The lowest BCUT2D eigenvalue weighted by Crippen LogP contribution is -2.33. The summed E-state index contributed by atoms with van der Waals surface area (Å²) in [7, 11) is 0. The Hall–Kier alpha value is -0.0400. The molecule has 1 N–H and O–H groups in total. The zero-order chi connectivity index (χ0) is 9.35. The minimum absolute atomic E-state index is 0.0545. The highest BCUT2D eigenvalue weighted by Gasteiger charge is 2.34. The number of rotatable bonds is 1. The molecule has 0 aromatic carbocycles. The van der Waals surface area contributed by atoms with Gasteiger partial charge in [-0.15, -0.1) is 0 Å². The monoisotopic (exact) mass is 170 g/mol. The molecule has 1 saturated carbocycles. The van der Waals surface area contributed by atoms with E-state index in [4.69, 9.17) is 0 Å². The molecule has 0 radical (unpaired) electrons. The normalized spacial score (nSPS) is 35.5.